The van der Waals surface area contributed by atoms with Gasteiger partial charge in [0.25, 0.3) is 5.91 Å². The molecular weight excluding hydrogens is 247 g/mol. The van der Waals surface area contributed by atoms with Crippen LogP contribution in [-0.4, -0.2) is 12.1 Å². The molecule has 4 nitrogen and oxygen atoms in total. The van der Waals surface area contributed by atoms with Gasteiger partial charge in [-0.25, -0.2) is 9.82 Å². The van der Waals surface area contributed by atoms with Crippen LogP contribution in [0.1, 0.15) is 16.1 Å². The van der Waals surface area contributed by atoms with E-state index >= 15 is 0 Å². The van der Waals surface area contributed by atoms with Gasteiger partial charge in [0, 0.05) is 11.8 Å². The molecule has 1 aromatic carbocycles. The minimum Gasteiger partial charge on any atom is -0.465 e. The Morgan fingerprint density at radius 3 is 2.95 bits per heavy atom. The molecule has 96 valence electrons. The lowest BCUT2D eigenvalue weighted by atomic mass is 10.2. The van der Waals surface area contributed by atoms with Gasteiger partial charge in [-0.15, -0.1) is 0 Å². The molecule has 1 aromatic heterocycles. The molecule has 2 aromatic rings. The van der Waals surface area contributed by atoms with E-state index in [2.05, 4.69) is 10.5 Å². The van der Waals surface area contributed by atoms with Gasteiger partial charge < -0.3 is 4.42 Å². The largest absolute Gasteiger partial charge is 0.465 e. The summed E-state index contributed by atoms with van der Waals surface area (Å²) in [6.45, 7) is 0. The Kier molecular flexibility index (Phi) is 4.23. The van der Waals surface area contributed by atoms with E-state index in [9.17, 15) is 9.18 Å². The molecule has 0 saturated carbocycles. The SMILES string of the molecule is O=C(NN=CC=Cc1ccco1)c1cccc(F)c1. The van der Waals surface area contributed by atoms with E-state index in [1.807, 2.05) is 0 Å². The molecule has 0 unspecified atom stereocenters. The maximum Gasteiger partial charge on any atom is 0.271 e. The van der Waals surface area contributed by atoms with Crippen LogP contribution in [0, 0.1) is 5.82 Å². The second kappa shape index (κ2) is 6.30. The lowest BCUT2D eigenvalue weighted by Crippen LogP contribution is -2.17. The molecule has 0 atom stereocenters. The van der Waals surface area contributed by atoms with E-state index < -0.39 is 11.7 Å². The Bertz CT molecular complexity index is 604. The molecular formula is C14H11FN2O2. The number of amides is 1. The molecule has 0 saturated heterocycles. The molecule has 0 radical (unpaired) electrons. The topological polar surface area (TPSA) is 54.6 Å². The van der Waals surface area contributed by atoms with Gasteiger partial charge >= 0.3 is 0 Å². The van der Waals surface area contributed by atoms with E-state index in [0.717, 1.165) is 6.07 Å². The fraction of sp³-hybridized carbons (Fsp3) is 0. The molecule has 0 spiro atoms. The second-order valence-electron chi connectivity index (χ2n) is 3.60. The summed E-state index contributed by atoms with van der Waals surface area (Å²) in [5.41, 5.74) is 2.50. The molecule has 1 amide bonds. The maximum atomic E-state index is 12.9. The van der Waals surface area contributed by atoms with Crippen molar-refractivity contribution >= 4 is 18.2 Å². The first kappa shape index (κ1) is 12.8. The Hall–Kier alpha value is -2.69. The van der Waals surface area contributed by atoms with Crippen LogP contribution >= 0.6 is 0 Å². The smallest absolute Gasteiger partial charge is 0.271 e. The number of hydrazone groups is 1. The van der Waals surface area contributed by atoms with Crippen LogP contribution < -0.4 is 5.43 Å². The van der Waals surface area contributed by atoms with Crippen LogP contribution in [0.2, 0.25) is 0 Å². The number of nitrogens with one attached hydrogen (secondary N) is 1. The number of furan rings is 1. The average Bonchev–Trinajstić information content (AvgIpc) is 2.91. The Balaban J connectivity index is 1.87. The van der Waals surface area contributed by atoms with Crippen LogP contribution in [-0.2, 0) is 0 Å². The first-order valence-corrected chi connectivity index (χ1v) is 5.55. The number of carbonyl (C=O) groups is 1. The number of benzene rings is 1. The molecule has 1 heterocycles. The number of hydrogen-bond donors (Lipinski definition) is 1. The molecule has 0 bridgehead atoms. The predicted molar refractivity (Wildman–Crippen MR) is 70.1 cm³/mol. The first-order valence-electron chi connectivity index (χ1n) is 5.55. The highest BCUT2D eigenvalue weighted by molar-refractivity contribution is 5.94. The van der Waals surface area contributed by atoms with Crippen molar-refractivity contribution in [2.24, 2.45) is 5.10 Å². The summed E-state index contributed by atoms with van der Waals surface area (Å²) in [5, 5.41) is 3.70. The normalized spacial score (nSPS) is 11.2. The summed E-state index contributed by atoms with van der Waals surface area (Å²) in [6.07, 6.45) is 6.27. The first-order chi connectivity index (χ1) is 9.25. The highest BCUT2D eigenvalue weighted by atomic mass is 19.1. The van der Waals surface area contributed by atoms with E-state index in [0.29, 0.717) is 5.76 Å². The summed E-state index contributed by atoms with van der Waals surface area (Å²) in [6, 6.07) is 8.94. The van der Waals surface area contributed by atoms with Gasteiger partial charge in [0.05, 0.1) is 6.26 Å². The van der Waals surface area contributed by atoms with Crippen LogP contribution in [0.3, 0.4) is 0 Å². The van der Waals surface area contributed by atoms with Crippen LogP contribution in [0.5, 0.6) is 0 Å². The standard InChI is InChI=1S/C14H11FN2O2/c15-12-5-1-4-11(10-12)14(18)17-16-8-2-6-13-7-3-9-19-13/h1-10H,(H,17,18). The third-order valence-corrected chi connectivity index (χ3v) is 2.22. The van der Waals surface area contributed by atoms with Gasteiger partial charge in [-0.05, 0) is 42.5 Å². The lowest BCUT2D eigenvalue weighted by Gasteiger charge is -1.98. The quantitative estimate of drug-likeness (QED) is 0.677. The lowest BCUT2D eigenvalue weighted by molar-refractivity contribution is 0.0954. The Morgan fingerprint density at radius 1 is 1.32 bits per heavy atom. The van der Waals surface area contributed by atoms with Crippen LogP contribution in [0.25, 0.3) is 6.08 Å². The molecule has 19 heavy (non-hydrogen) atoms. The van der Waals surface area contributed by atoms with Crippen molar-refractivity contribution in [3.8, 4) is 0 Å². The Morgan fingerprint density at radius 2 is 2.21 bits per heavy atom. The molecule has 0 aliphatic rings. The number of nitrogens with zero attached hydrogens (tertiary/aromatic N) is 1. The number of allylic oxidation sites excluding steroid dienone is 1. The number of rotatable bonds is 4. The van der Waals surface area contributed by atoms with Crippen molar-refractivity contribution in [2.45, 2.75) is 0 Å². The molecule has 0 fully saturated rings. The third kappa shape index (κ3) is 3.92. The second-order valence-corrected chi connectivity index (χ2v) is 3.60. The number of hydrogen-bond acceptors (Lipinski definition) is 3. The van der Waals surface area contributed by atoms with Crippen molar-refractivity contribution in [3.05, 3.63) is 65.9 Å². The zero-order valence-corrected chi connectivity index (χ0v) is 9.92. The van der Waals surface area contributed by atoms with Gasteiger partial charge in [0.2, 0.25) is 0 Å². The Labute approximate surface area is 109 Å². The van der Waals surface area contributed by atoms with Gasteiger partial charge in [0.1, 0.15) is 11.6 Å². The highest BCUT2D eigenvalue weighted by Crippen LogP contribution is 2.03. The minimum absolute atomic E-state index is 0.215. The summed E-state index contributed by atoms with van der Waals surface area (Å²) in [7, 11) is 0. The number of carbonyl (C=O) groups excluding carboxylic acids is 1. The molecule has 0 aliphatic carbocycles. The fourth-order valence-corrected chi connectivity index (χ4v) is 1.36. The van der Waals surface area contributed by atoms with E-state index in [-0.39, 0.29) is 5.56 Å². The summed E-state index contributed by atoms with van der Waals surface area (Å²) >= 11 is 0. The van der Waals surface area contributed by atoms with Crippen molar-refractivity contribution in [3.63, 3.8) is 0 Å². The van der Waals surface area contributed by atoms with Gasteiger partial charge in [-0.1, -0.05) is 6.07 Å². The summed E-state index contributed by atoms with van der Waals surface area (Å²) in [4.78, 5) is 11.6. The van der Waals surface area contributed by atoms with E-state index in [1.54, 1.807) is 30.5 Å². The molecule has 0 aliphatic heterocycles. The van der Waals surface area contributed by atoms with Crippen molar-refractivity contribution in [1.29, 1.82) is 0 Å². The van der Waals surface area contributed by atoms with Crippen molar-refractivity contribution in [1.82, 2.24) is 5.43 Å². The van der Waals surface area contributed by atoms with E-state index in [1.165, 1.54) is 24.4 Å². The van der Waals surface area contributed by atoms with Crippen molar-refractivity contribution in [2.75, 3.05) is 0 Å². The van der Waals surface area contributed by atoms with E-state index in [4.69, 9.17) is 4.42 Å². The van der Waals surface area contributed by atoms with Crippen molar-refractivity contribution < 1.29 is 13.6 Å². The summed E-state index contributed by atoms with van der Waals surface area (Å²) in [5.74, 6) is -0.251. The van der Waals surface area contributed by atoms with Crippen LogP contribution in [0.15, 0.2) is 58.3 Å². The molecule has 5 heteroatoms. The molecule has 2 rings (SSSR count). The summed E-state index contributed by atoms with van der Waals surface area (Å²) < 4.78 is 18.0. The van der Waals surface area contributed by atoms with Gasteiger partial charge in [-0.2, -0.15) is 5.10 Å². The zero-order valence-electron chi connectivity index (χ0n) is 9.92. The number of halogens is 1. The maximum absolute atomic E-state index is 12.9. The monoisotopic (exact) mass is 258 g/mol. The average molecular weight is 258 g/mol. The highest BCUT2D eigenvalue weighted by Gasteiger charge is 2.03. The van der Waals surface area contributed by atoms with Gasteiger partial charge in [0.15, 0.2) is 0 Å². The molecule has 1 N–H and O–H groups in total. The van der Waals surface area contributed by atoms with Gasteiger partial charge in [-0.3, -0.25) is 4.79 Å². The third-order valence-electron chi connectivity index (χ3n) is 2.22. The van der Waals surface area contributed by atoms with Crippen LogP contribution in [0.4, 0.5) is 4.39 Å². The fourth-order valence-electron chi connectivity index (χ4n) is 1.36. The predicted octanol–water partition coefficient (Wildman–Crippen LogP) is 2.85. The minimum atomic E-state index is -0.470. The zero-order chi connectivity index (χ0) is 13.5.